The van der Waals surface area contributed by atoms with Crippen LogP contribution in [-0.2, 0) is 9.47 Å². The molecule has 0 amide bonds. The monoisotopic (exact) mass is 293 g/mol. The van der Waals surface area contributed by atoms with Crippen molar-refractivity contribution >= 4 is 5.78 Å². The molecule has 1 aromatic rings. The van der Waals surface area contributed by atoms with E-state index in [2.05, 4.69) is 11.8 Å². The lowest BCUT2D eigenvalue weighted by atomic mass is 9.99. The Hall–Kier alpha value is -1.23. The summed E-state index contributed by atoms with van der Waals surface area (Å²) in [6.45, 7) is 8.68. The summed E-state index contributed by atoms with van der Waals surface area (Å²) >= 11 is 0. The first-order chi connectivity index (χ1) is 10.0. The molecule has 0 saturated heterocycles. The Balaban J connectivity index is 2.82. The number of hydrogen-bond acceptors (Lipinski definition) is 4. The lowest BCUT2D eigenvalue weighted by Gasteiger charge is -2.27. The van der Waals surface area contributed by atoms with Gasteiger partial charge in [-0.2, -0.15) is 0 Å². The van der Waals surface area contributed by atoms with Gasteiger partial charge in [0.25, 0.3) is 0 Å². The fourth-order valence-corrected chi connectivity index (χ4v) is 2.22. The highest BCUT2D eigenvalue weighted by Crippen LogP contribution is 2.14. The smallest absolute Gasteiger partial charge is 0.179 e. The lowest BCUT2D eigenvalue weighted by molar-refractivity contribution is 0.0687. The number of carbonyl (C=O) groups is 1. The van der Waals surface area contributed by atoms with Crippen LogP contribution < -0.4 is 0 Å². The zero-order chi connectivity index (χ0) is 15.8. The summed E-state index contributed by atoms with van der Waals surface area (Å²) in [4.78, 5) is 14.8. The van der Waals surface area contributed by atoms with Gasteiger partial charge >= 0.3 is 0 Å². The first kappa shape index (κ1) is 17.8. The van der Waals surface area contributed by atoms with Crippen LogP contribution in [0, 0.1) is 13.8 Å². The second-order valence-corrected chi connectivity index (χ2v) is 5.36. The van der Waals surface area contributed by atoms with E-state index in [4.69, 9.17) is 9.47 Å². The van der Waals surface area contributed by atoms with Crippen LogP contribution in [0.5, 0.6) is 0 Å². The molecule has 1 rings (SSSR count). The van der Waals surface area contributed by atoms with Crippen LogP contribution in [0.1, 0.15) is 28.4 Å². The van der Waals surface area contributed by atoms with Gasteiger partial charge in [0.1, 0.15) is 0 Å². The second kappa shape index (κ2) is 8.93. The zero-order valence-electron chi connectivity index (χ0n) is 13.8. The summed E-state index contributed by atoms with van der Waals surface area (Å²) in [5.41, 5.74) is 3.12. The highest BCUT2D eigenvalue weighted by molar-refractivity contribution is 6.00. The van der Waals surface area contributed by atoms with Crippen LogP contribution in [-0.4, -0.2) is 57.2 Å². The SMILES string of the molecule is COCCN(CCOC)C(C)C(=O)c1ccc(C)c(C)c1. The van der Waals surface area contributed by atoms with Gasteiger partial charge in [-0.25, -0.2) is 0 Å². The molecule has 0 saturated carbocycles. The minimum atomic E-state index is -0.183. The number of carbonyl (C=O) groups excluding carboxylic acids is 1. The largest absolute Gasteiger partial charge is 0.383 e. The van der Waals surface area contributed by atoms with Gasteiger partial charge in [-0.05, 0) is 38.0 Å². The minimum Gasteiger partial charge on any atom is -0.383 e. The van der Waals surface area contributed by atoms with Crippen molar-refractivity contribution in [1.82, 2.24) is 4.90 Å². The van der Waals surface area contributed by atoms with Gasteiger partial charge in [0, 0.05) is 32.9 Å². The van der Waals surface area contributed by atoms with Crippen molar-refractivity contribution in [2.45, 2.75) is 26.8 Å². The third-order valence-corrected chi connectivity index (χ3v) is 3.88. The van der Waals surface area contributed by atoms with Crippen LogP contribution >= 0.6 is 0 Å². The molecular weight excluding hydrogens is 266 g/mol. The number of methoxy groups -OCH3 is 2. The molecule has 0 N–H and O–H groups in total. The average molecular weight is 293 g/mol. The topological polar surface area (TPSA) is 38.8 Å². The van der Waals surface area contributed by atoms with Crippen molar-refractivity contribution in [2.75, 3.05) is 40.5 Å². The van der Waals surface area contributed by atoms with Crippen molar-refractivity contribution in [3.63, 3.8) is 0 Å². The first-order valence-electron chi connectivity index (χ1n) is 7.34. The van der Waals surface area contributed by atoms with Gasteiger partial charge in [-0.3, -0.25) is 9.69 Å². The number of nitrogens with zero attached hydrogens (tertiary/aromatic N) is 1. The quantitative estimate of drug-likeness (QED) is 0.656. The van der Waals surface area contributed by atoms with E-state index in [0.717, 1.165) is 24.2 Å². The molecular formula is C17H27NO3. The number of hydrogen-bond donors (Lipinski definition) is 0. The van der Waals surface area contributed by atoms with Crippen molar-refractivity contribution in [1.29, 1.82) is 0 Å². The van der Waals surface area contributed by atoms with Gasteiger partial charge in [0.15, 0.2) is 5.78 Å². The Bertz CT molecular complexity index is 451. The van der Waals surface area contributed by atoms with Crippen molar-refractivity contribution in [3.8, 4) is 0 Å². The Kier molecular flexibility index (Phi) is 7.57. The molecule has 0 aliphatic heterocycles. The predicted molar refractivity (Wildman–Crippen MR) is 85.0 cm³/mol. The van der Waals surface area contributed by atoms with Crippen LogP contribution in [0.25, 0.3) is 0 Å². The van der Waals surface area contributed by atoms with Crippen LogP contribution in [0.3, 0.4) is 0 Å². The molecule has 0 aromatic heterocycles. The highest BCUT2D eigenvalue weighted by atomic mass is 16.5. The van der Waals surface area contributed by atoms with E-state index >= 15 is 0 Å². The third kappa shape index (κ3) is 5.23. The molecule has 4 nitrogen and oxygen atoms in total. The van der Waals surface area contributed by atoms with Crippen LogP contribution in [0.4, 0.5) is 0 Å². The van der Waals surface area contributed by atoms with Gasteiger partial charge < -0.3 is 9.47 Å². The Morgan fingerprint density at radius 3 is 2.14 bits per heavy atom. The second-order valence-electron chi connectivity index (χ2n) is 5.36. The molecule has 21 heavy (non-hydrogen) atoms. The minimum absolute atomic E-state index is 0.144. The van der Waals surface area contributed by atoms with Gasteiger partial charge in [-0.15, -0.1) is 0 Å². The molecule has 0 spiro atoms. The molecule has 1 aromatic carbocycles. The number of ketones is 1. The summed E-state index contributed by atoms with van der Waals surface area (Å²) in [6, 6.07) is 5.70. The molecule has 0 aliphatic carbocycles. The number of rotatable bonds is 9. The van der Waals surface area contributed by atoms with Crippen molar-refractivity contribution in [3.05, 3.63) is 34.9 Å². The van der Waals surface area contributed by atoms with Crippen LogP contribution in [0.2, 0.25) is 0 Å². The Labute approximate surface area is 128 Å². The van der Waals surface area contributed by atoms with Gasteiger partial charge in [0.05, 0.1) is 19.3 Å². The standard InChI is InChI=1S/C17H27NO3/c1-13-6-7-16(12-14(13)2)17(19)15(3)18(8-10-20-4)9-11-21-5/h6-7,12,15H,8-11H2,1-5H3. The summed E-state index contributed by atoms with van der Waals surface area (Å²) in [5, 5.41) is 0. The molecule has 1 atom stereocenters. The van der Waals surface area contributed by atoms with Gasteiger partial charge in [0.2, 0.25) is 0 Å². The van der Waals surface area contributed by atoms with E-state index in [1.54, 1.807) is 14.2 Å². The summed E-state index contributed by atoms with van der Waals surface area (Å²) in [6.07, 6.45) is 0. The first-order valence-corrected chi connectivity index (χ1v) is 7.34. The van der Waals surface area contributed by atoms with Crippen molar-refractivity contribution in [2.24, 2.45) is 0 Å². The third-order valence-electron chi connectivity index (χ3n) is 3.88. The molecule has 0 heterocycles. The van der Waals surface area contributed by atoms with E-state index in [0.29, 0.717) is 13.2 Å². The van der Waals surface area contributed by atoms with E-state index in [9.17, 15) is 4.79 Å². The normalized spacial score (nSPS) is 12.7. The fraction of sp³-hybridized carbons (Fsp3) is 0.588. The molecule has 4 heteroatoms. The Morgan fingerprint density at radius 2 is 1.67 bits per heavy atom. The molecule has 0 aliphatic rings. The van der Waals surface area contributed by atoms with E-state index in [-0.39, 0.29) is 11.8 Å². The average Bonchev–Trinajstić information content (AvgIpc) is 2.49. The number of aryl methyl sites for hydroxylation is 2. The lowest BCUT2D eigenvalue weighted by Crippen LogP contribution is -2.42. The van der Waals surface area contributed by atoms with Gasteiger partial charge in [-0.1, -0.05) is 12.1 Å². The number of Topliss-reactive ketones (excluding diaryl/α,β-unsaturated/α-hetero) is 1. The fourth-order valence-electron chi connectivity index (χ4n) is 2.22. The summed E-state index contributed by atoms with van der Waals surface area (Å²) < 4.78 is 10.3. The zero-order valence-corrected chi connectivity index (χ0v) is 13.8. The number of ether oxygens (including phenoxy) is 2. The molecule has 0 fully saturated rings. The summed E-state index contributed by atoms with van der Waals surface area (Å²) in [7, 11) is 3.34. The van der Waals surface area contributed by atoms with Crippen LogP contribution in [0.15, 0.2) is 18.2 Å². The molecule has 0 bridgehead atoms. The maximum Gasteiger partial charge on any atom is 0.179 e. The predicted octanol–water partition coefficient (Wildman–Crippen LogP) is 2.47. The molecule has 118 valence electrons. The number of benzene rings is 1. The van der Waals surface area contributed by atoms with E-state index in [1.165, 1.54) is 5.56 Å². The van der Waals surface area contributed by atoms with E-state index in [1.807, 2.05) is 32.0 Å². The summed E-state index contributed by atoms with van der Waals surface area (Å²) in [5.74, 6) is 0.144. The van der Waals surface area contributed by atoms with E-state index < -0.39 is 0 Å². The molecule has 1 unspecified atom stereocenters. The Morgan fingerprint density at radius 1 is 1.10 bits per heavy atom. The molecule has 0 radical (unpaired) electrons. The maximum absolute atomic E-state index is 12.7. The van der Waals surface area contributed by atoms with Crippen molar-refractivity contribution < 1.29 is 14.3 Å². The maximum atomic E-state index is 12.7. The highest BCUT2D eigenvalue weighted by Gasteiger charge is 2.22.